The number of nitrogens with two attached hydrogens (primary N) is 1. The van der Waals surface area contributed by atoms with E-state index in [1.165, 1.54) is 0 Å². The quantitative estimate of drug-likeness (QED) is 0.713. The van der Waals surface area contributed by atoms with Crippen LogP contribution in [0.2, 0.25) is 0 Å². The first kappa shape index (κ1) is 8.77. The van der Waals surface area contributed by atoms with Crippen molar-refractivity contribution in [3.63, 3.8) is 0 Å². The van der Waals surface area contributed by atoms with Crippen molar-refractivity contribution >= 4 is 21.5 Å². The van der Waals surface area contributed by atoms with Gasteiger partial charge in [0.25, 0.3) is 0 Å². The molecule has 0 bridgehead atoms. The second-order valence-electron chi connectivity index (χ2n) is 3.34. The van der Waals surface area contributed by atoms with Crippen LogP contribution < -0.4 is 10.6 Å². The van der Waals surface area contributed by atoms with Crippen LogP contribution in [0.1, 0.15) is 0 Å². The average Bonchev–Trinajstić information content (AvgIpc) is 2.53. The summed E-state index contributed by atoms with van der Waals surface area (Å²) in [7, 11) is 2.15. The van der Waals surface area contributed by atoms with E-state index >= 15 is 0 Å². The maximum atomic E-state index is 5.63. The number of anilines is 2. The van der Waals surface area contributed by atoms with E-state index in [-0.39, 0.29) is 0 Å². The van der Waals surface area contributed by atoms with E-state index in [1.807, 2.05) is 0 Å². The predicted octanol–water partition coefficient (Wildman–Crippen LogP) is 0.477. The van der Waals surface area contributed by atoms with Gasteiger partial charge in [-0.25, -0.2) is 4.98 Å². The highest BCUT2D eigenvalue weighted by atomic mass is 32.1. The van der Waals surface area contributed by atoms with Crippen LogP contribution in [0.3, 0.4) is 0 Å². The number of nitrogen functional groups attached to an aromatic ring is 1. The van der Waals surface area contributed by atoms with Crippen molar-refractivity contribution in [2.45, 2.75) is 0 Å². The van der Waals surface area contributed by atoms with Crippen molar-refractivity contribution in [3.05, 3.63) is 6.20 Å². The molecule has 1 aromatic heterocycles. The third kappa shape index (κ3) is 1.92. The summed E-state index contributed by atoms with van der Waals surface area (Å²) in [5.41, 5.74) is 5.63. The number of hydrogen-bond acceptors (Lipinski definition) is 5. The molecule has 5 heteroatoms. The minimum atomic E-state index is 0.800. The first-order valence-corrected chi connectivity index (χ1v) is 5.22. The molecule has 1 aromatic rings. The zero-order chi connectivity index (χ0) is 9.26. The lowest BCUT2D eigenvalue weighted by Crippen LogP contribution is -2.44. The van der Waals surface area contributed by atoms with Gasteiger partial charge in [-0.15, -0.1) is 0 Å². The first-order chi connectivity index (χ1) is 6.25. The molecule has 2 rings (SSSR count). The van der Waals surface area contributed by atoms with E-state index in [2.05, 4.69) is 21.8 Å². The van der Waals surface area contributed by atoms with Crippen molar-refractivity contribution in [2.75, 3.05) is 43.9 Å². The summed E-state index contributed by atoms with van der Waals surface area (Å²) < 4.78 is 0. The number of thiazole rings is 1. The summed E-state index contributed by atoms with van der Waals surface area (Å²) in [6, 6.07) is 0. The molecule has 0 atom stereocenters. The molecule has 2 heterocycles. The summed E-state index contributed by atoms with van der Waals surface area (Å²) in [6.07, 6.45) is 1.73. The highest BCUT2D eigenvalue weighted by Gasteiger charge is 2.16. The monoisotopic (exact) mass is 198 g/mol. The van der Waals surface area contributed by atoms with Crippen LogP contribution in [0.15, 0.2) is 6.20 Å². The van der Waals surface area contributed by atoms with Crippen molar-refractivity contribution in [1.29, 1.82) is 0 Å². The third-order valence-corrected chi connectivity index (χ3v) is 3.17. The van der Waals surface area contributed by atoms with Crippen molar-refractivity contribution in [1.82, 2.24) is 9.88 Å². The van der Waals surface area contributed by atoms with Crippen molar-refractivity contribution in [2.24, 2.45) is 0 Å². The molecule has 1 saturated heterocycles. The molecule has 0 amide bonds. The largest absolute Gasteiger partial charge is 0.389 e. The van der Waals surface area contributed by atoms with Crippen molar-refractivity contribution in [3.8, 4) is 0 Å². The smallest absolute Gasteiger partial charge is 0.187 e. The fraction of sp³-hybridized carbons (Fsp3) is 0.625. The molecule has 1 aliphatic heterocycles. The molecule has 0 aliphatic carbocycles. The number of hydrogen-bond donors (Lipinski definition) is 1. The number of nitrogens with zero attached hydrogens (tertiary/aromatic N) is 3. The van der Waals surface area contributed by atoms with E-state index in [0.717, 1.165) is 36.3 Å². The van der Waals surface area contributed by atoms with Gasteiger partial charge in [-0.2, -0.15) is 0 Å². The second-order valence-corrected chi connectivity index (χ2v) is 4.38. The topological polar surface area (TPSA) is 45.4 Å². The lowest BCUT2D eigenvalue weighted by Gasteiger charge is -2.31. The van der Waals surface area contributed by atoms with Crippen LogP contribution in [0.25, 0.3) is 0 Å². The summed E-state index contributed by atoms with van der Waals surface area (Å²) in [4.78, 5) is 8.88. The number of aromatic nitrogens is 1. The maximum absolute atomic E-state index is 5.63. The fourth-order valence-corrected chi connectivity index (χ4v) is 2.15. The van der Waals surface area contributed by atoms with Gasteiger partial charge in [0.15, 0.2) is 5.13 Å². The zero-order valence-corrected chi connectivity index (χ0v) is 8.55. The summed E-state index contributed by atoms with van der Waals surface area (Å²) in [5.74, 6) is 0. The van der Waals surface area contributed by atoms with Crippen LogP contribution in [0.4, 0.5) is 10.1 Å². The van der Waals surface area contributed by atoms with Gasteiger partial charge < -0.3 is 15.5 Å². The number of rotatable bonds is 1. The van der Waals surface area contributed by atoms with Gasteiger partial charge in [0.1, 0.15) is 5.00 Å². The van der Waals surface area contributed by atoms with E-state index in [9.17, 15) is 0 Å². The Kier molecular flexibility index (Phi) is 2.37. The Hall–Kier alpha value is -0.810. The molecule has 1 aliphatic rings. The molecule has 0 saturated carbocycles. The molecular formula is C8H14N4S. The Bertz CT molecular complexity index is 277. The van der Waals surface area contributed by atoms with Crippen LogP contribution in [0, 0.1) is 0 Å². The summed E-state index contributed by atoms with van der Waals surface area (Å²) >= 11 is 1.57. The third-order valence-electron chi connectivity index (χ3n) is 2.29. The second kappa shape index (κ2) is 3.51. The summed E-state index contributed by atoms with van der Waals surface area (Å²) in [6.45, 7) is 4.34. The van der Waals surface area contributed by atoms with Gasteiger partial charge in [0, 0.05) is 26.2 Å². The summed E-state index contributed by atoms with van der Waals surface area (Å²) in [5, 5.41) is 1.86. The molecule has 2 N–H and O–H groups in total. The number of likely N-dealkylation sites (N-methyl/N-ethyl adjacent to an activating group) is 1. The Morgan fingerprint density at radius 1 is 1.38 bits per heavy atom. The van der Waals surface area contributed by atoms with E-state index < -0.39 is 0 Å². The van der Waals surface area contributed by atoms with E-state index in [0.29, 0.717) is 0 Å². The molecule has 0 radical (unpaired) electrons. The van der Waals surface area contributed by atoms with Gasteiger partial charge in [-0.05, 0) is 7.05 Å². The fourth-order valence-electron chi connectivity index (χ4n) is 1.42. The lowest BCUT2D eigenvalue weighted by atomic mass is 10.3. The predicted molar refractivity (Wildman–Crippen MR) is 56.2 cm³/mol. The Morgan fingerprint density at radius 3 is 2.62 bits per heavy atom. The Morgan fingerprint density at radius 2 is 2.08 bits per heavy atom. The molecule has 0 spiro atoms. The molecule has 0 aromatic carbocycles. The molecule has 4 nitrogen and oxygen atoms in total. The van der Waals surface area contributed by atoms with Gasteiger partial charge in [0.05, 0.1) is 6.20 Å². The maximum Gasteiger partial charge on any atom is 0.187 e. The Labute approximate surface area is 82.0 Å². The van der Waals surface area contributed by atoms with Gasteiger partial charge in [-0.3, -0.25) is 0 Å². The van der Waals surface area contributed by atoms with Crippen LogP contribution in [-0.2, 0) is 0 Å². The van der Waals surface area contributed by atoms with Crippen LogP contribution in [-0.4, -0.2) is 43.1 Å². The zero-order valence-electron chi connectivity index (χ0n) is 7.73. The molecule has 72 valence electrons. The van der Waals surface area contributed by atoms with Gasteiger partial charge in [0.2, 0.25) is 0 Å². The standard InChI is InChI=1S/C8H14N4S/c1-11-2-4-12(5-3-11)8-10-6-7(9)13-8/h6H,2-5,9H2,1H3. The van der Waals surface area contributed by atoms with E-state index in [1.54, 1.807) is 17.5 Å². The highest BCUT2D eigenvalue weighted by molar-refractivity contribution is 7.19. The van der Waals surface area contributed by atoms with Crippen LogP contribution in [0.5, 0.6) is 0 Å². The molecule has 1 fully saturated rings. The van der Waals surface area contributed by atoms with Gasteiger partial charge in [-0.1, -0.05) is 11.3 Å². The van der Waals surface area contributed by atoms with E-state index in [4.69, 9.17) is 5.73 Å². The molecule has 13 heavy (non-hydrogen) atoms. The first-order valence-electron chi connectivity index (χ1n) is 4.40. The lowest BCUT2D eigenvalue weighted by molar-refractivity contribution is 0.313. The number of piperazine rings is 1. The molecule has 0 unspecified atom stereocenters. The average molecular weight is 198 g/mol. The van der Waals surface area contributed by atoms with Crippen molar-refractivity contribution < 1.29 is 0 Å². The normalized spacial score (nSPS) is 19.3. The molecular weight excluding hydrogens is 184 g/mol. The Balaban J connectivity index is 2.02. The van der Waals surface area contributed by atoms with Crippen LogP contribution >= 0.6 is 11.3 Å². The minimum absolute atomic E-state index is 0.800. The SMILES string of the molecule is CN1CCN(c2ncc(N)s2)CC1. The minimum Gasteiger partial charge on any atom is -0.389 e. The van der Waals surface area contributed by atoms with Gasteiger partial charge >= 0.3 is 0 Å². The highest BCUT2D eigenvalue weighted by Crippen LogP contribution is 2.24.